The van der Waals surface area contributed by atoms with Crippen LogP contribution in [0, 0.1) is 0 Å². The molecule has 1 aromatic rings. The van der Waals surface area contributed by atoms with Crippen LogP contribution < -0.4 is 10.6 Å². The number of benzene rings is 1. The van der Waals surface area contributed by atoms with Gasteiger partial charge in [-0.3, -0.25) is 0 Å². The molecule has 1 rings (SSSR count). The van der Waals surface area contributed by atoms with Gasteiger partial charge in [0.15, 0.2) is 6.61 Å². The van der Waals surface area contributed by atoms with Crippen LogP contribution in [0.5, 0.6) is 0 Å². The van der Waals surface area contributed by atoms with Crippen LogP contribution in [0.25, 0.3) is 0 Å². The number of carbonyl (C=O) groups excluding carboxylic acids is 3. The average Bonchev–Trinajstić information content (AvgIpc) is 2.63. The normalized spacial score (nSPS) is 11.9. The van der Waals surface area contributed by atoms with Crippen LogP contribution in [-0.2, 0) is 25.6 Å². The first-order chi connectivity index (χ1) is 12.7. The molecule has 8 nitrogen and oxygen atoms in total. The maximum Gasteiger partial charge on any atom is 0.422 e. The monoisotopic (exact) mass is 392 g/mol. The molecule has 1 aromatic carbocycles. The molecule has 0 fully saturated rings. The number of methoxy groups -OCH3 is 1. The summed E-state index contributed by atoms with van der Waals surface area (Å²) in [5.41, 5.74) is 0.733. The van der Waals surface area contributed by atoms with Crippen molar-refractivity contribution in [3.63, 3.8) is 0 Å². The molecule has 0 aliphatic carbocycles. The summed E-state index contributed by atoms with van der Waals surface area (Å²) >= 11 is 0. The minimum absolute atomic E-state index is 0.0252. The molecule has 0 bridgehead atoms. The number of nitrogens with one attached hydrogen (secondary N) is 2. The second-order valence-corrected chi connectivity index (χ2v) is 5.19. The van der Waals surface area contributed by atoms with Crippen molar-refractivity contribution in [2.24, 2.45) is 0 Å². The molecule has 0 unspecified atom stereocenters. The molecule has 27 heavy (non-hydrogen) atoms. The predicted molar refractivity (Wildman–Crippen MR) is 85.6 cm³/mol. The molecule has 0 aromatic heterocycles. The number of rotatable bonds is 8. The van der Waals surface area contributed by atoms with E-state index in [1.165, 1.54) is 0 Å². The van der Waals surface area contributed by atoms with Crippen LogP contribution in [0.1, 0.15) is 12.0 Å². The summed E-state index contributed by atoms with van der Waals surface area (Å²) < 4.78 is 49.2. The highest BCUT2D eigenvalue weighted by molar-refractivity contribution is 5.81. The number of amides is 2. The van der Waals surface area contributed by atoms with Crippen molar-refractivity contribution in [2.45, 2.75) is 25.2 Å². The van der Waals surface area contributed by atoms with Crippen LogP contribution in [0.2, 0.25) is 0 Å². The third-order valence-corrected chi connectivity index (χ3v) is 3.06. The van der Waals surface area contributed by atoms with Gasteiger partial charge in [-0.25, -0.2) is 14.4 Å². The molecule has 0 radical (unpaired) electrons. The lowest BCUT2D eigenvalue weighted by Crippen LogP contribution is -2.44. The second kappa shape index (κ2) is 10.9. The lowest BCUT2D eigenvalue weighted by Gasteiger charge is -2.17. The van der Waals surface area contributed by atoms with Gasteiger partial charge in [0.05, 0.1) is 7.11 Å². The van der Waals surface area contributed by atoms with E-state index in [4.69, 9.17) is 4.74 Å². The molecule has 0 heterocycles. The Labute approximate surface area is 153 Å². The molecule has 1 atom stereocenters. The number of ether oxygens (including phenoxy) is 3. The number of esters is 1. The van der Waals surface area contributed by atoms with Crippen LogP contribution in [0.15, 0.2) is 30.3 Å². The van der Waals surface area contributed by atoms with E-state index in [0.717, 1.165) is 12.7 Å². The molecule has 150 valence electrons. The smallest absolute Gasteiger partial charge is 0.422 e. The SMILES string of the molecule is COC(=O)[C@H](CCNC(=O)OCC(F)(F)F)NC(=O)OCc1ccccc1. The van der Waals surface area contributed by atoms with E-state index in [2.05, 4.69) is 14.8 Å². The number of hydrogen-bond acceptors (Lipinski definition) is 6. The fourth-order valence-electron chi connectivity index (χ4n) is 1.82. The van der Waals surface area contributed by atoms with Crippen molar-refractivity contribution in [3.05, 3.63) is 35.9 Å². The molecule has 0 aliphatic heterocycles. The van der Waals surface area contributed by atoms with Gasteiger partial charge in [-0.2, -0.15) is 13.2 Å². The number of halogens is 3. The minimum Gasteiger partial charge on any atom is -0.467 e. The van der Waals surface area contributed by atoms with E-state index in [0.29, 0.717) is 0 Å². The van der Waals surface area contributed by atoms with Crippen LogP contribution in [0.4, 0.5) is 22.8 Å². The Morgan fingerprint density at radius 2 is 1.74 bits per heavy atom. The first kappa shape index (κ1) is 22.1. The summed E-state index contributed by atoms with van der Waals surface area (Å²) in [4.78, 5) is 34.6. The second-order valence-electron chi connectivity index (χ2n) is 5.19. The Kier molecular flexibility index (Phi) is 8.90. The molecule has 0 aliphatic rings. The van der Waals surface area contributed by atoms with Crippen LogP contribution >= 0.6 is 0 Å². The van der Waals surface area contributed by atoms with Crippen molar-refractivity contribution in [1.29, 1.82) is 0 Å². The van der Waals surface area contributed by atoms with E-state index in [9.17, 15) is 27.6 Å². The van der Waals surface area contributed by atoms with Crippen molar-refractivity contribution in [3.8, 4) is 0 Å². The van der Waals surface area contributed by atoms with E-state index < -0.39 is 37.0 Å². The molecule has 0 saturated carbocycles. The topological polar surface area (TPSA) is 103 Å². The highest BCUT2D eigenvalue weighted by atomic mass is 19.4. The standard InChI is InChI=1S/C16H19F3N2O6/c1-25-13(22)12(7-8-20-14(23)27-10-16(17,18)19)21-15(24)26-9-11-5-3-2-4-6-11/h2-6,12H,7-10H2,1H3,(H,20,23)(H,21,24)/t12-/m0/s1. The first-order valence-corrected chi connectivity index (χ1v) is 7.73. The zero-order chi connectivity index (χ0) is 20.3. The number of carbonyl (C=O) groups is 3. The van der Waals surface area contributed by atoms with Gasteiger partial charge in [0.1, 0.15) is 12.6 Å². The number of alkyl halides is 3. The van der Waals surface area contributed by atoms with Crippen molar-refractivity contribution in [2.75, 3.05) is 20.3 Å². The zero-order valence-electron chi connectivity index (χ0n) is 14.4. The lowest BCUT2D eigenvalue weighted by molar-refractivity contribution is -0.160. The van der Waals surface area contributed by atoms with Crippen molar-refractivity contribution < 1.29 is 41.8 Å². The quantitative estimate of drug-likeness (QED) is 0.519. The Morgan fingerprint density at radius 1 is 1.07 bits per heavy atom. The van der Waals surface area contributed by atoms with Gasteiger partial charge in [-0.05, 0) is 12.0 Å². The highest BCUT2D eigenvalue weighted by Gasteiger charge is 2.29. The van der Waals surface area contributed by atoms with E-state index >= 15 is 0 Å². The summed E-state index contributed by atoms with van der Waals surface area (Å²) in [5.74, 6) is -0.808. The van der Waals surface area contributed by atoms with Gasteiger partial charge >= 0.3 is 24.3 Å². The first-order valence-electron chi connectivity index (χ1n) is 7.73. The Hall–Kier alpha value is -2.98. The summed E-state index contributed by atoms with van der Waals surface area (Å²) in [7, 11) is 1.09. The van der Waals surface area contributed by atoms with Gasteiger partial charge in [0.2, 0.25) is 0 Å². The van der Waals surface area contributed by atoms with E-state index in [1.807, 2.05) is 5.32 Å². The van der Waals surface area contributed by atoms with Crippen molar-refractivity contribution in [1.82, 2.24) is 10.6 Å². The molecule has 0 spiro atoms. The Bertz CT molecular complexity index is 624. The fraction of sp³-hybridized carbons (Fsp3) is 0.438. The van der Waals surface area contributed by atoms with E-state index in [1.54, 1.807) is 30.3 Å². The highest BCUT2D eigenvalue weighted by Crippen LogP contribution is 2.14. The molecule has 2 amide bonds. The van der Waals surface area contributed by atoms with E-state index in [-0.39, 0.29) is 19.6 Å². The number of alkyl carbamates (subject to hydrolysis) is 2. The third kappa shape index (κ3) is 9.92. The fourth-order valence-corrected chi connectivity index (χ4v) is 1.82. The average molecular weight is 392 g/mol. The molecule has 11 heteroatoms. The van der Waals surface area contributed by atoms with Gasteiger partial charge in [-0.1, -0.05) is 30.3 Å². The van der Waals surface area contributed by atoms with Crippen molar-refractivity contribution >= 4 is 18.2 Å². The molecule has 0 saturated heterocycles. The summed E-state index contributed by atoms with van der Waals surface area (Å²) in [6.07, 6.45) is -6.99. The molecular weight excluding hydrogens is 373 g/mol. The Balaban J connectivity index is 2.40. The maximum absolute atomic E-state index is 11.9. The summed E-state index contributed by atoms with van der Waals surface area (Å²) in [5, 5.41) is 4.29. The zero-order valence-corrected chi connectivity index (χ0v) is 14.4. The van der Waals surface area contributed by atoms with Gasteiger partial charge < -0.3 is 24.8 Å². The minimum atomic E-state index is -4.64. The number of hydrogen-bond donors (Lipinski definition) is 2. The summed E-state index contributed by atoms with van der Waals surface area (Å²) in [6.45, 7) is -2.00. The van der Waals surface area contributed by atoms with Gasteiger partial charge in [0.25, 0.3) is 0 Å². The predicted octanol–water partition coefficient (Wildman–Crippen LogP) is 2.13. The largest absolute Gasteiger partial charge is 0.467 e. The maximum atomic E-state index is 11.9. The van der Waals surface area contributed by atoms with Gasteiger partial charge in [-0.15, -0.1) is 0 Å². The Morgan fingerprint density at radius 3 is 2.33 bits per heavy atom. The van der Waals surface area contributed by atoms with Crippen LogP contribution in [0.3, 0.4) is 0 Å². The van der Waals surface area contributed by atoms with Crippen LogP contribution in [-0.4, -0.2) is 50.6 Å². The summed E-state index contributed by atoms with van der Waals surface area (Å²) in [6, 6.07) is 7.63. The lowest BCUT2D eigenvalue weighted by atomic mass is 10.2. The molecular formula is C16H19F3N2O6. The van der Waals surface area contributed by atoms with Gasteiger partial charge in [0, 0.05) is 6.54 Å². The molecule has 2 N–H and O–H groups in total. The third-order valence-electron chi connectivity index (χ3n) is 3.06.